The van der Waals surface area contributed by atoms with Crippen LogP contribution in [0.3, 0.4) is 0 Å². The molecule has 1 aromatic rings. The van der Waals surface area contributed by atoms with Crippen molar-refractivity contribution < 1.29 is 14.5 Å². The Morgan fingerprint density at radius 2 is 2.00 bits per heavy atom. The van der Waals surface area contributed by atoms with Gasteiger partial charge in [0.2, 0.25) is 0 Å². The molecule has 1 fully saturated rings. The van der Waals surface area contributed by atoms with Crippen LogP contribution in [0.2, 0.25) is 0 Å². The Morgan fingerprint density at radius 1 is 1.40 bits per heavy atom. The number of carbonyl (C=O) groups is 1. The van der Waals surface area contributed by atoms with Gasteiger partial charge in [-0.3, -0.25) is 14.9 Å². The molecule has 1 saturated heterocycles. The monoisotopic (exact) mass is 278 g/mol. The van der Waals surface area contributed by atoms with Gasteiger partial charge >= 0.3 is 0 Å². The average Bonchev–Trinajstić information content (AvgIpc) is 2.42. The second kappa shape index (κ2) is 5.58. The molecular weight excluding hydrogens is 260 g/mol. The number of amides is 1. The SMILES string of the molecule is CCN(CC1(C)COC1)C(=O)c1ccc([N+](=O)[O-])cc1. The second-order valence-corrected chi connectivity index (χ2v) is 5.43. The molecule has 1 aliphatic heterocycles. The Kier molecular flexibility index (Phi) is 4.04. The van der Waals surface area contributed by atoms with Crippen LogP contribution in [0.25, 0.3) is 0 Å². The van der Waals surface area contributed by atoms with E-state index in [1.165, 1.54) is 24.3 Å². The Hall–Kier alpha value is -1.95. The normalized spacial score (nSPS) is 16.3. The van der Waals surface area contributed by atoms with Gasteiger partial charge in [-0.25, -0.2) is 0 Å². The van der Waals surface area contributed by atoms with E-state index >= 15 is 0 Å². The lowest BCUT2D eigenvalue weighted by atomic mass is 9.88. The first-order valence-corrected chi connectivity index (χ1v) is 6.57. The van der Waals surface area contributed by atoms with Crippen molar-refractivity contribution in [2.75, 3.05) is 26.3 Å². The van der Waals surface area contributed by atoms with Crippen molar-refractivity contribution in [1.82, 2.24) is 4.90 Å². The zero-order valence-electron chi connectivity index (χ0n) is 11.7. The molecule has 0 radical (unpaired) electrons. The molecule has 1 aliphatic rings. The van der Waals surface area contributed by atoms with Crippen molar-refractivity contribution >= 4 is 11.6 Å². The third-order valence-electron chi connectivity index (χ3n) is 3.47. The van der Waals surface area contributed by atoms with Gasteiger partial charge in [0.25, 0.3) is 11.6 Å². The molecule has 108 valence electrons. The highest BCUT2D eigenvalue weighted by Crippen LogP contribution is 2.28. The number of ether oxygens (including phenoxy) is 1. The first-order chi connectivity index (χ1) is 9.45. The highest BCUT2D eigenvalue weighted by molar-refractivity contribution is 5.94. The van der Waals surface area contributed by atoms with Crippen LogP contribution in [-0.2, 0) is 4.74 Å². The van der Waals surface area contributed by atoms with Crippen LogP contribution in [0.1, 0.15) is 24.2 Å². The number of nitro benzene ring substituents is 1. The highest BCUT2D eigenvalue weighted by Gasteiger charge is 2.36. The van der Waals surface area contributed by atoms with Crippen LogP contribution in [-0.4, -0.2) is 42.0 Å². The number of non-ortho nitro benzene ring substituents is 1. The van der Waals surface area contributed by atoms with Gasteiger partial charge in [0.15, 0.2) is 0 Å². The van der Waals surface area contributed by atoms with Crippen LogP contribution < -0.4 is 0 Å². The summed E-state index contributed by atoms with van der Waals surface area (Å²) in [5.74, 6) is -0.101. The number of hydrogen-bond donors (Lipinski definition) is 0. The molecule has 6 heteroatoms. The molecule has 1 heterocycles. The topological polar surface area (TPSA) is 72.7 Å². The molecule has 1 amide bonds. The van der Waals surface area contributed by atoms with Crippen molar-refractivity contribution in [2.24, 2.45) is 5.41 Å². The Bertz CT molecular complexity index is 508. The van der Waals surface area contributed by atoms with Gasteiger partial charge in [0.05, 0.1) is 18.1 Å². The predicted molar refractivity (Wildman–Crippen MR) is 73.6 cm³/mol. The standard InChI is InChI=1S/C14H18N2O4/c1-3-15(8-14(2)9-20-10-14)13(17)11-4-6-12(7-5-11)16(18)19/h4-7H,3,8-10H2,1-2H3. The molecular formula is C14H18N2O4. The fourth-order valence-electron chi connectivity index (χ4n) is 2.24. The number of nitrogens with zero attached hydrogens (tertiary/aromatic N) is 2. The van der Waals surface area contributed by atoms with E-state index < -0.39 is 4.92 Å². The van der Waals surface area contributed by atoms with E-state index in [0.717, 1.165) is 0 Å². The summed E-state index contributed by atoms with van der Waals surface area (Å²) in [5.41, 5.74) is 0.483. The fraction of sp³-hybridized carbons (Fsp3) is 0.500. The highest BCUT2D eigenvalue weighted by atomic mass is 16.6. The summed E-state index contributed by atoms with van der Waals surface area (Å²) < 4.78 is 5.20. The molecule has 0 atom stereocenters. The number of benzene rings is 1. The lowest BCUT2D eigenvalue weighted by Crippen LogP contribution is -2.50. The van der Waals surface area contributed by atoms with Crippen LogP contribution in [0.5, 0.6) is 0 Å². The van der Waals surface area contributed by atoms with Crippen molar-refractivity contribution in [1.29, 1.82) is 0 Å². The molecule has 0 unspecified atom stereocenters. The number of hydrogen-bond acceptors (Lipinski definition) is 4. The summed E-state index contributed by atoms with van der Waals surface area (Å²) in [4.78, 5) is 24.3. The molecule has 0 N–H and O–H groups in total. The van der Waals surface area contributed by atoms with Gasteiger partial charge in [0.1, 0.15) is 0 Å². The zero-order chi connectivity index (χ0) is 14.8. The van der Waals surface area contributed by atoms with Gasteiger partial charge in [-0.15, -0.1) is 0 Å². The molecule has 0 spiro atoms. The fourth-order valence-corrected chi connectivity index (χ4v) is 2.24. The van der Waals surface area contributed by atoms with E-state index in [9.17, 15) is 14.9 Å². The van der Waals surface area contributed by atoms with E-state index in [1.807, 2.05) is 6.92 Å². The van der Waals surface area contributed by atoms with Crippen molar-refractivity contribution in [3.05, 3.63) is 39.9 Å². The summed E-state index contributed by atoms with van der Waals surface area (Å²) in [6, 6.07) is 5.72. The average molecular weight is 278 g/mol. The lowest BCUT2D eigenvalue weighted by Gasteiger charge is -2.41. The van der Waals surface area contributed by atoms with Gasteiger partial charge in [0, 0.05) is 36.2 Å². The van der Waals surface area contributed by atoms with Crippen LogP contribution >= 0.6 is 0 Å². The van der Waals surface area contributed by atoms with E-state index in [2.05, 4.69) is 6.92 Å². The molecule has 2 rings (SSSR count). The minimum absolute atomic E-state index is 0.0102. The quantitative estimate of drug-likeness (QED) is 0.610. The van der Waals surface area contributed by atoms with Gasteiger partial charge in [-0.2, -0.15) is 0 Å². The summed E-state index contributed by atoms with van der Waals surface area (Å²) in [5, 5.41) is 10.6. The second-order valence-electron chi connectivity index (χ2n) is 5.43. The minimum Gasteiger partial charge on any atom is -0.380 e. The third kappa shape index (κ3) is 2.96. The summed E-state index contributed by atoms with van der Waals surface area (Å²) >= 11 is 0. The van der Waals surface area contributed by atoms with E-state index in [0.29, 0.717) is 31.9 Å². The molecule has 1 aromatic carbocycles. The summed E-state index contributed by atoms with van der Waals surface area (Å²) in [7, 11) is 0. The maximum atomic E-state index is 12.4. The van der Waals surface area contributed by atoms with Crippen LogP contribution in [0.15, 0.2) is 24.3 Å². The maximum Gasteiger partial charge on any atom is 0.269 e. The van der Waals surface area contributed by atoms with Crippen LogP contribution in [0.4, 0.5) is 5.69 Å². The predicted octanol–water partition coefficient (Wildman–Crippen LogP) is 2.09. The molecule has 20 heavy (non-hydrogen) atoms. The van der Waals surface area contributed by atoms with Crippen LogP contribution in [0, 0.1) is 15.5 Å². The smallest absolute Gasteiger partial charge is 0.269 e. The van der Waals surface area contributed by atoms with Crippen molar-refractivity contribution in [3.63, 3.8) is 0 Å². The van der Waals surface area contributed by atoms with Gasteiger partial charge in [-0.05, 0) is 19.1 Å². The zero-order valence-corrected chi connectivity index (χ0v) is 11.7. The van der Waals surface area contributed by atoms with Gasteiger partial charge < -0.3 is 9.64 Å². The Labute approximate surface area is 117 Å². The first kappa shape index (κ1) is 14.5. The largest absolute Gasteiger partial charge is 0.380 e. The van der Waals surface area contributed by atoms with Crippen molar-refractivity contribution in [2.45, 2.75) is 13.8 Å². The van der Waals surface area contributed by atoms with Gasteiger partial charge in [-0.1, -0.05) is 6.92 Å². The molecule has 0 aliphatic carbocycles. The summed E-state index contributed by atoms with van der Waals surface area (Å²) in [6.45, 7) is 6.58. The number of rotatable bonds is 5. The lowest BCUT2D eigenvalue weighted by molar-refractivity contribution is -0.384. The minimum atomic E-state index is -0.474. The Morgan fingerprint density at radius 3 is 2.40 bits per heavy atom. The third-order valence-corrected chi connectivity index (χ3v) is 3.47. The van der Waals surface area contributed by atoms with Crippen molar-refractivity contribution in [3.8, 4) is 0 Å². The molecule has 6 nitrogen and oxygen atoms in total. The maximum absolute atomic E-state index is 12.4. The van der Waals surface area contributed by atoms with E-state index in [1.54, 1.807) is 4.90 Å². The first-order valence-electron chi connectivity index (χ1n) is 6.57. The molecule has 0 aromatic heterocycles. The molecule has 0 bridgehead atoms. The number of nitro groups is 1. The molecule has 0 saturated carbocycles. The van der Waals surface area contributed by atoms with E-state index in [4.69, 9.17) is 4.74 Å². The van der Waals surface area contributed by atoms with E-state index in [-0.39, 0.29) is 17.0 Å². The number of carbonyl (C=O) groups excluding carboxylic acids is 1. The Balaban J connectivity index is 2.09. The summed E-state index contributed by atoms with van der Waals surface area (Å²) in [6.07, 6.45) is 0.